The number of aryl methyl sites for hydroxylation is 1. The van der Waals surface area contributed by atoms with Gasteiger partial charge in [0.2, 0.25) is 5.95 Å². The SMILES string of the molecule is Cc1cc(Nc2cc(C(F)(F)F)nc(N)n2)ccc1Br. The fraction of sp³-hybridized carbons (Fsp3) is 0.167. The average molecular weight is 347 g/mol. The Hall–Kier alpha value is -1.83. The molecule has 2 rings (SSSR count). The van der Waals surface area contributed by atoms with Gasteiger partial charge in [-0.3, -0.25) is 0 Å². The van der Waals surface area contributed by atoms with Gasteiger partial charge in [-0.05, 0) is 30.7 Å². The normalized spacial score (nSPS) is 11.4. The van der Waals surface area contributed by atoms with Crippen molar-refractivity contribution in [1.29, 1.82) is 0 Å². The minimum atomic E-state index is -4.57. The highest BCUT2D eigenvalue weighted by Gasteiger charge is 2.33. The fourth-order valence-electron chi connectivity index (χ4n) is 1.55. The van der Waals surface area contributed by atoms with Gasteiger partial charge in [0.1, 0.15) is 5.82 Å². The van der Waals surface area contributed by atoms with Gasteiger partial charge in [0.15, 0.2) is 5.69 Å². The molecular formula is C12H10BrF3N4. The Balaban J connectivity index is 2.33. The maximum absolute atomic E-state index is 12.6. The smallest absolute Gasteiger partial charge is 0.368 e. The number of nitrogens with zero attached hydrogens (tertiary/aromatic N) is 2. The number of halogens is 4. The standard InChI is InChI=1S/C12H10BrF3N4/c1-6-4-7(2-3-8(6)13)18-10-5-9(12(14,15)16)19-11(17)20-10/h2-5H,1H3,(H3,17,18,19,20). The van der Waals surface area contributed by atoms with Crippen molar-refractivity contribution in [3.05, 3.63) is 40.0 Å². The summed E-state index contributed by atoms with van der Waals surface area (Å²) in [5, 5.41) is 2.77. The van der Waals surface area contributed by atoms with Gasteiger partial charge in [0.05, 0.1) is 0 Å². The van der Waals surface area contributed by atoms with E-state index in [4.69, 9.17) is 5.73 Å². The van der Waals surface area contributed by atoms with Gasteiger partial charge in [-0.15, -0.1) is 0 Å². The van der Waals surface area contributed by atoms with Crippen LogP contribution in [0.5, 0.6) is 0 Å². The topological polar surface area (TPSA) is 63.8 Å². The highest BCUT2D eigenvalue weighted by atomic mass is 79.9. The Labute approximate surface area is 121 Å². The van der Waals surface area contributed by atoms with Crippen LogP contribution in [0.2, 0.25) is 0 Å². The molecular weight excluding hydrogens is 337 g/mol. The average Bonchev–Trinajstić information content (AvgIpc) is 2.32. The minimum absolute atomic E-state index is 0.00783. The molecule has 20 heavy (non-hydrogen) atoms. The van der Waals surface area contributed by atoms with Crippen molar-refractivity contribution in [2.24, 2.45) is 0 Å². The highest BCUT2D eigenvalue weighted by molar-refractivity contribution is 9.10. The predicted octanol–water partition coefficient (Wildman–Crippen LogP) is 3.89. The van der Waals surface area contributed by atoms with E-state index in [0.29, 0.717) is 5.69 Å². The summed E-state index contributed by atoms with van der Waals surface area (Å²) in [6.45, 7) is 1.87. The zero-order valence-electron chi connectivity index (χ0n) is 10.3. The third-order valence-corrected chi connectivity index (χ3v) is 3.35. The highest BCUT2D eigenvalue weighted by Crippen LogP contribution is 2.30. The van der Waals surface area contributed by atoms with E-state index in [1.807, 2.05) is 6.92 Å². The summed E-state index contributed by atoms with van der Waals surface area (Å²) in [6.07, 6.45) is -4.57. The van der Waals surface area contributed by atoms with Crippen LogP contribution in [0.1, 0.15) is 11.3 Å². The van der Waals surface area contributed by atoms with E-state index in [-0.39, 0.29) is 5.82 Å². The predicted molar refractivity (Wildman–Crippen MR) is 73.6 cm³/mol. The van der Waals surface area contributed by atoms with Crippen LogP contribution in [0.25, 0.3) is 0 Å². The van der Waals surface area contributed by atoms with Gasteiger partial charge in [-0.1, -0.05) is 15.9 Å². The number of hydrogen-bond donors (Lipinski definition) is 2. The van der Waals surface area contributed by atoms with Crippen molar-refractivity contribution in [3.63, 3.8) is 0 Å². The Bertz CT molecular complexity index is 643. The largest absolute Gasteiger partial charge is 0.433 e. The lowest BCUT2D eigenvalue weighted by Gasteiger charge is -2.11. The van der Waals surface area contributed by atoms with Gasteiger partial charge in [0.25, 0.3) is 0 Å². The van der Waals surface area contributed by atoms with E-state index in [1.165, 1.54) is 0 Å². The number of anilines is 3. The lowest BCUT2D eigenvalue weighted by Crippen LogP contribution is -2.12. The molecule has 0 saturated heterocycles. The quantitative estimate of drug-likeness (QED) is 0.865. The number of nitrogen functional groups attached to an aromatic ring is 1. The van der Waals surface area contributed by atoms with Crippen molar-refractivity contribution in [2.45, 2.75) is 13.1 Å². The Morgan fingerprint density at radius 1 is 1.20 bits per heavy atom. The van der Waals surface area contributed by atoms with Crippen LogP contribution in [-0.2, 0) is 6.18 Å². The summed E-state index contributed by atoms with van der Waals surface area (Å²) < 4.78 is 38.8. The molecule has 0 aliphatic rings. The lowest BCUT2D eigenvalue weighted by atomic mass is 10.2. The molecule has 0 radical (unpaired) electrons. The summed E-state index contributed by atoms with van der Waals surface area (Å²) in [6, 6.07) is 6.08. The van der Waals surface area contributed by atoms with Crippen LogP contribution in [0.3, 0.4) is 0 Å². The van der Waals surface area contributed by atoms with E-state index in [1.54, 1.807) is 18.2 Å². The lowest BCUT2D eigenvalue weighted by molar-refractivity contribution is -0.141. The number of aromatic nitrogens is 2. The molecule has 1 aromatic heterocycles. The molecule has 0 aliphatic heterocycles. The van der Waals surface area contributed by atoms with E-state index in [0.717, 1.165) is 16.1 Å². The summed E-state index contributed by atoms with van der Waals surface area (Å²) >= 11 is 3.34. The second kappa shape index (κ2) is 5.28. The van der Waals surface area contributed by atoms with Crippen LogP contribution >= 0.6 is 15.9 Å². The van der Waals surface area contributed by atoms with Gasteiger partial charge >= 0.3 is 6.18 Å². The monoisotopic (exact) mass is 346 g/mol. The Kier molecular flexibility index (Phi) is 3.85. The van der Waals surface area contributed by atoms with Crippen molar-refractivity contribution in [3.8, 4) is 0 Å². The van der Waals surface area contributed by atoms with E-state index >= 15 is 0 Å². The zero-order valence-corrected chi connectivity index (χ0v) is 11.9. The summed E-state index contributed by atoms with van der Waals surface area (Å²) in [4.78, 5) is 6.91. The molecule has 3 N–H and O–H groups in total. The molecule has 0 atom stereocenters. The Morgan fingerprint density at radius 2 is 1.90 bits per heavy atom. The van der Waals surface area contributed by atoms with Gasteiger partial charge in [-0.25, -0.2) is 4.98 Å². The number of benzene rings is 1. The van der Waals surface area contributed by atoms with Gasteiger partial charge in [-0.2, -0.15) is 18.2 Å². The molecule has 2 aromatic rings. The summed E-state index contributed by atoms with van der Waals surface area (Å²) in [5.74, 6) is -0.442. The first kappa shape index (κ1) is 14.6. The molecule has 0 aliphatic carbocycles. The molecule has 1 aromatic carbocycles. The number of nitrogens with two attached hydrogens (primary N) is 1. The third-order valence-electron chi connectivity index (χ3n) is 2.46. The van der Waals surface area contributed by atoms with Crippen molar-refractivity contribution >= 4 is 33.4 Å². The third kappa shape index (κ3) is 3.38. The zero-order chi connectivity index (χ0) is 14.9. The van der Waals surface area contributed by atoms with Gasteiger partial charge < -0.3 is 11.1 Å². The molecule has 8 heteroatoms. The minimum Gasteiger partial charge on any atom is -0.368 e. The molecule has 0 unspecified atom stereocenters. The molecule has 0 amide bonds. The second-order valence-electron chi connectivity index (χ2n) is 4.08. The van der Waals surface area contributed by atoms with Crippen molar-refractivity contribution < 1.29 is 13.2 Å². The maximum Gasteiger partial charge on any atom is 0.433 e. The van der Waals surface area contributed by atoms with E-state index < -0.39 is 17.8 Å². The summed E-state index contributed by atoms with van der Waals surface area (Å²) in [7, 11) is 0. The van der Waals surface area contributed by atoms with Crippen LogP contribution in [0, 0.1) is 6.92 Å². The molecule has 0 spiro atoms. The summed E-state index contributed by atoms with van der Waals surface area (Å²) in [5.41, 5.74) is 5.76. The molecule has 0 fully saturated rings. The van der Waals surface area contributed by atoms with Crippen LogP contribution in [0.4, 0.5) is 30.6 Å². The van der Waals surface area contributed by atoms with E-state index in [9.17, 15) is 13.2 Å². The van der Waals surface area contributed by atoms with E-state index in [2.05, 4.69) is 31.2 Å². The van der Waals surface area contributed by atoms with Crippen LogP contribution < -0.4 is 11.1 Å². The molecule has 106 valence electrons. The number of rotatable bonds is 2. The van der Waals surface area contributed by atoms with Gasteiger partial charge in [0, 0.05) is 16.2 Å². The molecule has 1 heterocycles. The number of nitrogens with one attached hydrogen (secondary N) is 1. The number of alkyl halides is 3. The molecule has 0 bridgehead atoms. The fourth-order valence-corrected chi connectivity index (χ4v) is 1.79. The first-order chi connectivity index (χ1) is 9.25. The Morgan fingerprint density at radius 3 is 2.50 bits per heavy atom. The first-order valence-corrected chi connectivity index (χ1v) is 6.30. The maximum atomic E-state index is 12.6. The van der Waals surface area contributed by atoms with Crippen LogP contribution in [-0.4, -0.2) is 9.97 Å². The molecule has 0 saturated carbocycles. The van der Waals surface area contributed by atoms with Crippen LogP contribution in [0.15, 0.2) is 28.7 Å². The van der Waals surface area contributed by atoms with Crippen molar-refractivity contribution in [2.75, 3.05) is 11.1 Å². The second-order valence-corrected chi connectivity index (χ2v) is 4.94. The van der Waals surface area contributed by atoms with Crippen molar-refractivity contribution in [1.82, 2.24) is 9.97 Å². The molecule has 4 nitrogen and oxygen atoms in total. The first-order valence-electron chi connectivity index (χ1n) is 5.50. The number of hydrogen-bond acceptors (Lipinski definition) is 4.